The van der Waals surface area contributed by atoms with Crippen molar-refractivity contribution in [3.63, 3.8) is 0 Å². The van der Waals surface area contributed by atoms with Crippen molar-refractivity contribution in [2.75, 3.05) is 7.05 Å². The Balaban J connectivity index is 2.20. The standard InChI is InChI=1S/C14H18N4O2/c1-9(2)12(14(20)15-3)17-13(19)10-8-18-7-5-4-6-11(18)16-10/h4-9,12H,1-3H3,(H,15,20)(H,17,19)/t12-/m0/s1. The third-order valence-corrected chi connectivity index (χ3v) is 3.08. The molecular formula is C14H18N4O2. The normalized spacial score (nSPS) is 12.4. The molecule has 2 N–H and O–H groups in total. The number of imidazole rings is 1. The number of pyridine rings is 1. The Bertz CT molecular complexity index is 600. The lowest BCUT2D eigenvalue weighted by molar-refractivity contribution is -0.123. The minimum atomic E-state index is -0.572. The first-order valence-electron chi connectivity index (χ1n) is 6.49. The monoisotopic (exact) mass is 274 g/mol. The third-order valence-electron chi connectivity index (χ3n) is 3.08. The molecule has 0 unspecified atom stereocenters. The van der Waals surface area contributed by atoms with Crippen LogP contribution in [-0.4, -0.2) is 34.3 Å². The van der Waals surface area contributed by atoms with E-state index in [0.29, 0.717) is 11.3 Å². The average molecular weight is 274 g/mol. The van der Waals surface area contributed by atoms with Gasteiger partial charge in [-0.25, -0.2) is 4.98 Å². The second kappa shape index (κ2) is 5.73. The minimum Gasteiger partial charge on any atom is -0.357 e. The van der Waals surface area contributed by atoms with Crippen LogP contribution in [0.4, 0.5) is 0 Å². The number of aromatic nitrogens is 2. The average Bonchev–Trinajstić information content (AvgIpc) is 2.87. The molecule has 1 atom stereocenters. The Morgan fingerprint density at radius 3 is 2.65 bits per heavy atom. The fourth-order valence-electron chi connectivity index (χ4n) is 1.95. The summed E-state index contributed by atoms with van der Waals surface area (Å²) >= 11 is 0. The number of nitrogens with one attached hydrogen (secondary N) is 2. The summed E-state index contributed by atoms with van der Waals surface area (Å²) in [6, 6.07) is 4.95. The molecule has 0 fully saturated rings. The Morgan fingerprint density at radius 1 is 1.30 bits per heavy atom. The van der Waals surface area contributed by atoms with E-state index in [1.165, 1.54) is 0 Å². The van der Waals surface area contributed by atoms with Crippen LogP contribution in [0.2, 0.25) is 0 Å². The number of hydrogen-bond donors (Lipinski definition) is 2. The van der Waals surface area contributed by atoms with Crippen molar-refractivity contribution < 1.29 is 9.59 Å². The summed E-state index contributed by atoms with van der Waals surface area (Å²) < 4.78 is 1.76. The van der Waals surface area contributed by atoms with Gasteiger partial charge in [0.15, 0.2) is 0 Å². The van der Waals surface area contributed by atoms with Crippen LogP contribution in [-0.2, 0) is 4.79 Å². The van der Waals surface area contributed by atoms with E-state index in [4.69, 9.17) is 0 Å². The van der Waals surface area contributed by atoms with Crippen LogP contribution in [0.1, 0.15) is 24.3 Å². The molecule has 0 saturated heterocycles. The predicted molar refractivity (Wildman–Crippen MR) is 75.4 cm³/mol. The van der Waals surface area contributed by atoms with Gasteiger partial charge in [0.05, 0.1) is 0 Å². The minimum absolute atomic E-state index is 0.00377. The summed E-state index contributed by atoms with van der Waals surface area (Å²) in [7, 11) is 1.55. The van der Waals surface area contributed by atoms with Crippen molar-refractivity contribution >= 4 is 17.5 Å². The van der Waals surface area contributed by atoms with Gasteiger partial charge in [-0.15, -0.1) is 0 Å². The first kappa shape index (κ1) is 14.0. The molecule has 0 saturated carbocycles. The Morgan fingerprint density at radius 2 is 2.05 bits per heavy atom. The van der Waals surface area contributed by atoms with Crippen molar-refractivity contribution in [3.05, 3.63) is 36.3 Å². The summed E-state index contributed by atoms with van der Waals surface area (Å²) in [5.74, 6) is -0.566. The van der Waals surface area contributed by atoms with Crippen molar-refractivity contribution in [1.82, 2.24) is 20.0 Å². The summed E-state index contributed by atoms with van der Waals surface area (Å²) in [5, 5.41) is 5.27. The molecule has 2 heterocycles. The molecule has 6 heteroatoms. The van der Waals surface area contributed by atoms with Crippen molar-refractivity contribution in [3.8, 4) is 0 Å². The quantitative estimate of drug-likeness (QED) is 0.867. The van der Waals surface area contributed by atoms with E-state index in [9.17, 15) is 9.59 Å². The van der Waals surface area contributed by atoms with Crippen molar-refractivity contribution in [2.24, 2.45) is 5.92 Å². The molecule has 0 spiro atoms. The second-order valence-corrected chi connectivity index (χ2v) is 4.90. The summed E-state index contributed by atoms with van der Waals surface area (Å²) in [6.45, 7) is 3.76. The lowest BCUT2D eigenvalue weighted by Gasteiger charge is -2.19. The molecule has 2 aromatic rings. The second-order valence-electron chi connectivity index (χ2n) is 4.90. The van der Waals surface area contributed by atoms with Crippen LogP contribution in [0, 0.1) is 5.92 Å². The van der Waals surface area contributed by atoms with E-state index in [1.807, 2.05) is 38.2 Å². The molecule has 6 nitrogen and oxygen atoms in total. The molecule has 20 heavy (non-hydrogen) atoms. The topological polar surface area (TPSA) is 75.5 Å². The zero-order valence-electron chi connectivity index (χ0n) is 11.8. The van der Waals surface area contributed by atoms with E-state index in [0.717, 1.165) is 0 Å². The highest BCUT2D eigenvalue weighted by Crippen LogP contribution is 2.07. The highest BCUT2D eigenvalue weighted by molar-refractivity contribution is 5.96. The Hall–Kier alpha value is -2.37. The summed E-state index contributed by atoms with van der Waals surface area (Å²) in [6.07, 6.45) is 3.46. The molecule has 2 rings (SSSR count). The van der Waals surface area contributed by atoms with E-state index < -0.39 is 6.04 Å². The SMILES string of the molecule is CNC(=O)[C@@H](NC(=O)c1cn2ccccc2n1)C(C)C. The number of hydrogen-bond acceptors (Lipinski definition) is 3. The van der Waals surface area contributed by atoms with Gasteiger partial charge in [0.25, 0.3) is 5.91 Å². The number of carbonyl (C=O) groups is 2. The smallest absolute Gasteiger partial charge is 0.272 e. The first-order chi connectivity index (χ1) is 9.52. The number of nitrogens with zero attached hydrogens (tertiary/aromatic N) is 2. The molecule has 106 valence electrons. The Labute approximate surface area is 117 Å². The van der Waals surface area contributed by atoms with Crippen molar-refractivity contribution in [1.29, 1.82) is 0 Å². The van der Waals surface area contributed by atoms with E-state index in [2.05, 4.69) is 15.6 Å². The number of likely N-dealkylation sites (N-methyl/N-ethyl adjacent to an activating group) is 1. The van der Waals surface area contributed by atoms with Crippen LogP contribution in [0.15, 0.2) is 30.6 Å². The van der Waals surface area contributed by atoms with Gasteiger partial charge in [0.2, 0.25) is 5.91 Å². The van der Waals surface area contributed by atoms with Gasteiger partial charge < -0.3 is 15.0 Å². The molecule has 2 aromatic heterocycles. The van der Waals surface area contributed by atoms with Crippen LogP contribution in [0.3, 0.4) is 0 Å². The largest absolute Gasteiger partial charge is 0.357 e. The first-order valence-corrected chi connectivity index (χ1v) is 6.49. The lowest BCUT2D eigenvalue weighted by atomic mass is 10.0. The Kier molecular flexibility index (Phi) is 4.02. The number of amides is 2. The van der Waals surface area contributed by atoms with Gasteiger partial charge in [-0.2, -0.15) is 0 Å². The molecule has 0 aliphatic carbocycles. The molecule has 2 amide bonds. The zero-order valence-corrected chi connectivity index (χ0v) is 11.8. The van der Waals surface area contributed by atoms with Crippen molar-refractivity contribution in [2.45, 2.75) is 19.9 Å². The molecule has 0 radical (unpaired) electrons. The lowest BCUT2D eigenvalue weighted by Crippen LogP contribution is -2.48. The van der Waals surface area contributed by atoms with E-state index >= 15 is 0 Å². The number of carbonyl (C=O) groups excluding carboxylic acids is 2. The fourth-order valence-corrected chi connectivity index (χ4v) is 1.95. The predicted octanol–water partition coefficient (Wildman–Crippen LogP) is 0.835. The van der Waals surface area contributed by atoms with Gasteiger partial charge >= 0.3 is 0 Å². The highest BCUT2D eigenvalue weighted by atomic mass is 16.2. The summed E-state index contributed by atoms with van der Waals surface area (Å²) in [4.78, 5) is 28.2. The van der Waals surface area contributed by atoms with Gasteiger partial charge in [-0.3, -0.25) is 9.59 Å². The fraction of sp³-hybridized carbons (Fsp3) is 0.357. The zero-order chi connectivity index (χ0) is 14.7. The van der Waals surface area contributed by atoms with Gasteiger partial charge in [-0.05, 0) is 18.1 Å². The number of rotatable bonds is 4. The number of fused-ring (bicyclic) bond motifs is 1. The van der Waals surface area contributed by atoms with E-state index in [-0.39, 0.29) is 17.7 Å². The maximum Gasteiger partial charge on any atom is 0.272 e. The maximum absolute atomic E-state index is 12.2. The van der Waals surface area contributed by atoms with Gasteiger partial charge in [-0.1, -0.05) is 19.9 Å². The molecule has 0 aliphatic rings. The summed E-state index contributed by atoms with van der Waals surface area (Å²) in [5.41, 5.74) is 0.990. The molecule has 0 bridgehead atoms. The maximum atomic E-state index is 12.2. The van der Waals surface area contributed by atoms with Crippen LogP contribution >= 0.6 is 0 Å². The molecule has 0 aromatic carbocycles. The molecular weight excluding hydrogens is 256 g/mol. The van der Waals surface area contributed by atoms with Crippen LogP contribution < -0.4 is 10.6 Å². The highest BCUT2D eigenvalue weighted by Gasteiger charge is 2.24. The third kappa shape index (κ3) is 2.79. The van der Waals surface area contributed by atoms with Crippen LogP contribution in [0.25, 0.3) is 5.65 Å². The van der Waals surface area contributed by atoms with Gasteiger partial charge in [0, 0.05) is 19.4 Å². The van der Waals surface area contributed by atoms with E-state index in [1.54, 1.807) is 17.6 Å². The van der Waals surface area contributed by atoms with Gasteiger partial charge in [0.1, 0.15) is 17.4 Å². The molecule has 0 aliphatic heterocycles. The van der Waals surface area contributed by atoms with Crippen LogP contribution in [0.5, 0.6) is 0 Å².